The van der Waals surface area contributed by atoms with Crippen LogP contribution in [-0.4, -0.2) is 0 Å². The third-order valence-electron chi connectivity index (χ3n) is 3.69. The molecular formula is C17H17FN2O. The predicted molar refractivity (Wildman–Crippen MR) is 81.3 cm³/mol. The van der Waals surface area contributed by atoms with Crippen molar-refractivity contribution in [2.75, 3.05) is 0 Å². The molecule has 108 valence electrons. The highest BCUT2D eigenvalue weighted by molar-refractivity contribution is 5.79. The van der Waals surface area contributed by atoms with Crippen LogP contribution in [0.3, 0.4) is 0 Å². The average molecular weight is 284 g/mol. The van der Waals surface area contributed by atoms with Crippen molar-refractivity contribution in [1.29, 1.82) is 0 Å². The number of hydrogen-bond acceptors (Lipinski definition) is 3. The van der Waals surface area contributed by atoms with Crippen LogP contribution in [0.1, 0.15) is 28.5 Å². The number of hydrazine groups is 1. The second kappa shape index (κ2) is 5.31. The van der Waals surface area contributed by atoms with Crippen LogP contribution in [0.5, 0.6) is 0 Å². The second-order valence-corrected chi connectivity index (χ2v) is 5.29. The SMILES string of the molecule is Cc1ccc2oc(C(NN)c3cc(F)ccc3C)cc2c1. The average Bonchev–Trinajstić information content (AvgIpc) is 2.86. The molecule has 0 amide bonds. The van der Waals surface area contributed by atoms with Crippen LogP contribution in [0.4, 0.5) is 4.39 Å². The largest absolute Gasteiger partial charge is 0.459 e. The molecule has 1 unspecified atom stereocenters. The van der Waals surface area contributed by atoms with Crippen molar-refractivity contribution in [1.82, 2.24) is 5.43 Å². The molecule has 3 aromatic rings. The summed E-state index contributed by atoms with van der Waals surface area (Å²) in [7, 11) is 0. The fourth-order valence-corrected chi connectivity index (χ4v) is 2.57. The number of nitrogens with one attached hydrogen (secondary N) is 1. The molecule has 2 aromatic carbocycles. The zero-order valence-corrected chi connectivity index (χ0v) is 12.0. The Kier molecular flexibility index (Phi) is 3.49. The van der Waals surface area contributed by atoms with E-state index < -0.39 is 0 Å². The number of hydrogen-bond donors (Lipinski definition) is 2. The smallest absolute Gasteiger partial charge is 0.134 e. The highest BCUT2D eigenvalue weighted by atomic mass is 19.1. The minimum Gasteiger partial charge on any atom is -0.459 e. The number of fused-ring (bicyclic) bond motifs is 1. The van der Waals surface area contributed by atoms with Gasteiger partial charge in [0.1, 0.15) is 23.2 Å². The maximum atomic E-state index is 13.5. The minimum absolute atomic E-state index is 0.289. The molecule has 0 saturated heterocycles. The standard InChI is InChI=1S/C17H17FN2O/c1-10-3-6-15-12(7-10)8-16(21-15)17(20-19)14-9-13(18)5-4-11(14)2/h3-9,17,20H,19H2,1-2H3. The molecule has 3 rings (SSSR count). The molecule has 4 heteroatoms. The van der Waals surface area contributed by atoms with E-state index in [0.717, 1.165) is 27.7 Å². The number of benzene rings is 2. The summed E-state index contributed by atoms with van der Waals surface area (Å²) in [6, 6.07) is 12.2. The first-order chi connectivity index (χ1) is 10.1. The van der Waals surface area contributed by atoms with Crippen LogP contribution in [0, 0.1) is 19.7 Å². The zero-order chi connectivity index (χ0) is 15.0. The van der Waals surface area contributed by atoms with E-state index in [4.69, 9.17) is 10.3 Å². The molecule has 0 aliphatic carbocycles. The Morgan fingerprint density at radius 1 is 1.10 bits per heavy atom. The van der Waals surface area contributed by atoms with E-state index in [0.29, 0.717) is 5.76 Å². The van der Waals surface area contributed by atoms with Gasteiger partial charge >= 0.3 is 0 Å². The van der Waals surface area contributed by atoms with Crippen LogP contribution in [0.2, 0.25) is 0 Å². The number of furan rings is 1. The molecule has 1 heterocycles. The third kappa shape index (κ3) is 2.55. The van der Waals surface area contributed by atoms with Gasteiger partial charge in [-0.1, -0.05) is 17.7 Å². The lowest BCUT2D eigenvalue weighted by atomic mass is 9.99. The second-order valence-electron chi connectivity index (χ2n) is 5.29. The molecule has 0 spiro atoms. The van der Waals surface area contributed by atoms with Gasteiger partial charge in [0.25, 0.3) is 0 Å². The number of halogens is 1. The lowest BCUT2D eigenvalue weighted by Crippen LogP contribution is -2.29. The van der Waals surface area contributed by atoms with E-state index in [9.17, 15) is 4.39 Å². The number of nitrogens with two attached hydrogens (primary N) is 1. The molecule has 1 aromatic heterocycles. The number of rotatable bonds is 3. The predicted octanol–water partition coefficient (Wildman–Crippen LogP) is 3.74. The molecule has 0 aliphatic rings. The first-order valence-corrected chi connectivity index (χ1v) is 6.81. The van der Waals surface area contributed by atoms with Crippen LogP contribution in [0.15, 0.2) is 46.9 Å². The molecule has 3 N–H and O–H groups in total. The van der Waals surface area contributed by atoms with Crippen LogP contribution >= 0.6 is 0 Å². The van der Waals surface area contributed by atoms with Crippen molar-refractivity contribution in [3.63, 3.8) is 0 Å². The fraction of sp³-hybridized carbons (Fsp3) is 0.176. The van der Waals surface area contributed by atoms with Crippen molar-refractivity contribution in [2.45, 2.75) is 19.9 Å². The molecule has 21 heavy (non-hydrogen) atoms. The zero-order valence-electron chi connectivity index (χ0n) is 12.0. The minimum atomic E-state index is -0.381. The van der Waals surface area contributed by atoms with Gasteiger partial charge in [0.2, 0.25) is 0 Å². The molecular weight excluding hydrogens is 267 g/mol. The van der Waals surface area contributed by atoms with Gasteiger partial charge in [-0.2, -0.15) is 0 Å². The van der Waals surface area contributed by atoms with Gasteiger partial charge in [-0.15, -0.1) is 0 Å². The molecule has 0 bridgehead atoms. The maximum Gasteiger partial charge on any atom is 0.134 e. The summed E-state index contributed by atoms with van der Waals surface area (Å²) in [6.45, 7) is 3.95. The molecule has 0 saturated carbocycles. The molecule has 3 nitrogen and oxygen atoms in total. The molecule has 0 fully saturated rings. The Bertz CT molecular complexity index is 795. The Hall–Kier alpha value is -2.17. The van der Waals surface area contributed by atoms with Gasteiger partial charge in [0, 0.05) is 5.39 Å². The van der Waals surface area contributed by atoms with Gasteiger partial charge in [-0.05, 0) is 55.3 Å². The van der Waals surface area contributed by atoms with Crippen LogP contribution in [-0.2, 0) is 0 Å². The number of aryl methyl sites for hydroxylation is 2. The third-order valence-corrected chi connectivity index (χ3v) is 3.69. The van der Waals surface area contributed by atoms with E-state index in [-0.39, 0.29) is 11.9 Å². The molecule has 0 aliphatic heterocycles. The topological polar surface area (TPSA) is 51.2 Å². The van der Waals surface area contributed by atoms with Crippen molar-refractivity contribution >= 4 is 11.0 Å². The van der Waals surface area contributed by atoms with E-state index in [1.165, 1.54) is 12.1 Å². The summed E-state index contributed by atoms with van der Waals surface area (Å²) >= 11 is 0. The van der Waals surface area contributed by atoms with Gasteiger partial charge in [-0.25, -0.2) is 9.82 Å². The van der Waals surface area contributed by atoms with E-state index in [2.05, 4.69) is 5.43 Å². The summed E-state index contributed by atoms with van der Waals surface area (Å²) in [5, 5.41) is 1.01. The highest BCUT2D eigenvalue weighted by Crippen LogP contribution is 2.30. The first kappa shape index (κ1) is 13.8. The Morgan fingerprint density at radius 3 is 2.67 bits per heavy atom. The maximum absolute atomic E-state index is 13.5. The lowest BCUT2D eigenvalue weighted by molar-refractivity contribution is 0.474. The Labute approximate surface area is 122 Å². The van der Waals surface area contributed by atoms with E-state index in [1.807, 2.05) is 38.1 Å². The van der Waals surface area contributed by atoms with Crippen molar-refractivity contribution in [2.24, 2.45) is 5.84 Å². The van der Waals surface area contributed by atoms with Crippen molar-refractivity contribution in [3.8, 4) is 0 Å². The van der Waals surface area contributed by atoms with Crippen LogP contribution < -0.4 is 11.3 Å². The quantitative estimate of drug-likeness (QED) is 0.569. The van der Waals surface area contributed by atoms with E-state index in [1.54, 1.807) is 6.07 Å². The monoisotopic (exact) mass is 284 g/mol. The van der Waals surface area contributed by atoms with Crippen molar-refractivity contribution in [3.05, 3.63) is 70.7 Å². The summed E-state index contributed by atoms with van der Waals surface area (Å²) < 4.78 is 19.4. The van der Waals surface area contributed by atoms with Crippen molar-refractivity contribution < 1.29 is 8.81 Å². The summed E-state index contributed by atoms with van der Waals surface area (Å²) in [5.41, 5.74) is 6.40. The molecule has 0 radical (unpaired) electrons. The molecule has 1 atom stereocenters. The van der Waals surface area contributed by atoms with E-state index >= 15 is 0 Å². The Morgan fingerprint density at radius 2 is 1.90 bits per heavy atom. The normalized spacial score (nSPS) is 12.8. The van der Waals surface area contributed by atoms with Crippen LogP contribution in [0.25, 0.3) is 11.0 Å². The Balaban J connectivity index is 2.11. The van der Waals surface area contributed by atoms with Gasteiger partial charge < -0.3 is 4.42 Å². The fourth-order valence-electron chi connectivity index (χ4n) is 2.57. The summed E-state index contributed by atoms with van der Waals surface area (Å²) in [6.07, 6.45) is 0. The van der Waals surface area contributed by atoms with Gasteiger partial charge in [0.05, 0.1) is 0 Å². The van der Waals surface area contributed by atoms with Gasteiger partial charge in [-0.3, -0.25) is 5.84 Å². The first-order valence-electron chi connectivity index (χ1n) is 6.81. The van der Waals surface area contributed by atoms with Gasteiger partial charge in [0.15, 0.2) is 0 Å². The summed E-state index contributed by atoms with van der Waals surface area (Å²) in [5.74, 6) is 6.06. The summed E-state index contributed by atoms with van der Waals surface area (Å²) in [4.78, 5) is 0. The lowest BCUT2D eigenvalue weighted by Gasteiger charge is -2.16. The highest BCUT2D eigenvalue weighted by Gasteiger charge is 2.19.